The molecule has 2 N–H and O–H groups in total. The molecular formula is C9H10ClN5. The number of rotatable bonds is 2. The van der Waals surface area contributed by atoms with Crippen LogP contribution in [0.15, 0.2) is 23.3 Å². The van der Waals surface area contributed by atoms with Gasteiger partial charge in [0.05, 0.1) is 0 Å². The van der Waals surface area contributed by atoms with Gasteiger partial charge in [0.2, 0.25) is 5.96 Å². The third-order valence-electron chi connectivity index (χ3n) is 1.65. The normalized spacial score (nSPS) is 10.6. The minimum absolute atomic E-state index is 0.424. The second kappa shape index (κ2) is 5.83. The predicted octanol–water partition coefficient (Wildman–Crippen LogP) is 0.881. The molecule has 0 saturated heterocycles. The molecule has 0 amide bonds. The molecule has 1 aromatic rings. The molecule has 0 aliphatic carbocycles. The van der Waals surface area contributed by atoms with Crippen LogP contribution in [-0.4, -0.2) is 18.0 Å². The van der Waals surface area contributed by atoms with Crippen LogP contribution >= 0.6 is 11.6 Å². The molecule has 0 spiro atoms. The maximum atomic E-state index is 8.39. The van der Waals surface area contributed by atoms with E-state index in [9.17, 15) is 0 Å². The van der Waals surface area contributed by atoms with E-state index in [1.807, 2.05) is 6.07 Å². The number of aromatic nitrogens is 1. The number of pyridine rings is 1. The molecule has 0 aromatic carbocycles. The van der Waals surface area contributed by atoms with Crippen LogP contribution in [0.2, 0.25) is 5.15 Å². The average molecular weight is 224 g/mol. The van der Waals surface area contributed by atoms with Gasteiger partial charge in [-0.2, -0.15) is 5.26 Å². The first-order valence-electron chi connectivity index (χ1n) is 4.22. The van der Waals surface area contributed by atoms with Gasteiger partial charge in [-0.3, -0.25) is 10.3 Å². The Kier molecular flexibility index (Phi) is 4.38. The molecule has 0 radical (unpaired) electrons. The molecule has 1 heterocycles. The first kappa shape index (κ1) is 11.3. The third kappa shape index (κ3) is 3.83. The van der Waals surface area contributed by atoms with E-state index in [0.717, 1.165) is 5.56 Å². The van der Waals surface area contributed by atoms with Crippen LogP contribution in [0.25, 0.3) is 0 Å². The van der Waals surface area contributed by atoms with Crippen molar-refractivity contribution in [1.82, 2.24) is 15.6 Å². The maximum Gasteiger partial charge on any atom is 0.204 e. The maximum absolute atomic E-state index is 8.39. The molecule has 0 fully saturated rings. The Bertz CT molecular complexity index is 378. The van der Waals surface area contributed by atoms with Gasteiger partial charge in [0.25, 0.3) is 0 Å². The second-order valence-electron chi connectivity index (χ2n) is 2.65. The minimum atomic E-state index is 0.424. The molecule has 0 unspecified atom stereocenters. The number of nitrogens with one attached hydrogen (secondary N) is 2. The van der Waals surface area contributed by atoms with Gasteiger partial charge in [-0.05, 0) is 11.6 Å². The first-order valence-corrected chi connectivity index (χ1v) is 4.60. The van der Waals surface area contributed by atoms with Gasteiger partial charge >= 0.3 is 0 Å². The zero-order chi connectivity index (χ0) is 11.1. The summed E-state index contributed by atoms with van der Waals surface area (Å²) in [6.45, 7) is 0.533. The van der Waals surface area contributed by atoms with Gasteiger partial charge in [-0.25, -0.2) is 4.98 Å². The minimum Gasteiger partial charge on any atom is -0.351 e. The summed E-state index contributed by atoms with van der Waals surface area (Å²) in [5, 5.41) is 14.2. The van der Waals surface area contributed by atoms with Crippen molar-refractivity contribution >= 4 is 17.6 Å². The van der Waals surface area contributed by atoms with Crippen molar-refractivity contribution in [2.75, 3.05) is 7.05 Å². The van der Waals surface area contributed by atoms with Gasteiger partial charge in [-0.15, -0.1) is 0 Å². The van der Waals surface area contributed by atoms with Crippen LogP contribution in [0, 0.1) is 11.5 Å². The Hall–Kier alpha value is -1.80. The van der Waals surface area contributed by atoms with Crippen molar-refractivity contribution in [3.8, 4) is 6.19 Å². The standard InChI is InChI=1S/C9H10ClN5/c1-12-9(15-6-11)14-5-7-2-3-8(10)13-4-7/h2-4H,5H2,1H3,(H2,12,14,15). The summed E-state index contributed by atoms with van der Waals surface area (Å²) < 4.78 is 0. The number of nitriles is 1. The molecule has 5 nitrogen and oxygen atoms in total. The second-order valence-corrected chi connectivity index (χ2v) is 3.04. The molecule has 78 valence electrons. The van der Waals surface area contributed by atoms with Crippen molar-refractivity contribution in [2.24, 2.45) is 4.99 Å². The lowest BCUT2D eigenvalue weighted by Crippen LogP contribution is -2.33. The van der Waals surface area contributed by atoms with E-state index in [0.29, 0.717) is 17.7 Å². The summed E-state index contributed by atoms with van der Waals surface area (Å²) in [7, 11) is 1.59. The van der Waals surface area contributed by atoms with E-state index in [-0.39, 0.29) is 0 Å². The molecule has 6 heteroatoms. The molecular weight excluding hydrogens is 214 g/mol. The van der Waals surface area contributed by atoms with Crippen LogP contribution in [0.5, 0.6) is 0 Å². The van der Waals surface area contributed by atoms with E-state index in [1.54, 1.807) is 25.5 Å². The smallest absolute Gasteiger partial charge is 0.204 e. The number of aliphatic imine (C=N–C) groups is 1. The fourth-order valence-electron chi connectivity index (χ4n) is 0.929. The Morgan fingerprint density at radius 3 is 3.00 bits per heavy atom. The summed E-state index contributed by atoms with van der Waals surface area (Å²) in [6.07, 6.45) is 3.45. The van der Waals surface area contributed by atoms with Crippen LogP contribution in [0.1, 0.15) is 5.56 Å². The van der Waals surface area contributed by atoms with Gasteiger partial charge < -0.3 is 5.32 Å². The van der Waals surface area contributed by atoms with Gasteiger partial charge in [-0.1, -0.05) is 17.7 Å². The molecule has 15 heavy (non-hydrogen) atoms. The highest BCUT2D eigenvalue weighted by atomic mass is 35.5. The van der Waals surface area contributed by atoms with Crippen molar-refractivity contribution in [1.29, 1.82) is 5.26 Å². The lowest BCUT2D eigenvalue weighted by atomic mass is 10.3. The number of nitrogens with zero attached hydrogens (tertiary/aromatic N) is 3. The van der Waals surface area contributed by atoms with Gasteiger partial charge in [0.15, 0.2) is 6.19 Å². The monoisotopic (exact) mass is 223 g/mol. The van der Waals surface area contributed by atoms with Crippen molar-refractivity contribution < 1.29 is 0 Å². The number of hydrogen-bond acceptors (Lipinski definition) is 3. The summed E-state index contributed by atoms with van der Waals surface area (Å²) in [4.78, 5) is 7.76. The highest BCUT2D eigenvalue weighted by Crippen LogP contribution is 2.04. The van der Waals surface area contributed by atoms with Crippen LogP contribution < -0.4 is 10.6 Å². The Labute approximate surface area is 92.8 Å². The third-order valence-corrected chi connectivity index (χ3v) is 1.87. The quantitative estimate of drug-likeness (QED) is 0.257. The Morgan fingerprint density at radius 2 is 2.47 bits per heavy atom. The van der Waals surface area contributed by atoms with Crippen molar-refractivity contribution in [3.05, 3.63) is 29.0 Å². The number of hydrogen-bond donors (Lipinski definition) is 2. The molecule has 0 aliphatic rings. The highest BCUT2D eigenvalue weighted by Gasteiger charge is 1.97. The fourth-order valence-corrected chi connectivity index (χ4v) is 1.04. The highest BCUT2D eigenvalue weighted by molar-refractivity contribution is 6.29. The molecule has 1 aromatic heterocycles. The lowest BCUT2D eigenvalue weighted by Gasteiger charge is -2.06. The molecule has 0 saturated carbocycles. The largest absolute Gasteiger partial charge is 0.351 e. The molecule has 0 bridgehead atoms. The van der Waals surface area contributed by atoms with E-state index < -0.39 is 0 Å². The number of halogens is 1. The number of guanidine groups is 1. The van der Waals surface area contributed by atoms with E-state index >= 15 is 0 Å². The summed E-state index contributed by atoms with van der Waals surface area (Å²) in [5.41, 5.74) is 0.959. The van der Waals surface area contributed by atoms with Crippen LogP contribution in [0.4, 0.5) is 0 Å². The lowest BCUT2D eigenvalue weighted by molar-refractivity contribution is 0.873. The summed E-state index contributed by atoms with van der Waals surface area (Å²) in [6, 6.07) is 3.56. The van der Waals surface area contributed by atoms with E-state index in [2.05, 4.69) is 20.6 Å². The first-order chi connectivity index (χ1) is 7.26. The van der Waals surface area contributed by atoms with Gasteiger partial charge in [0.1, 0.15) is 5.15 Å². The Balaban J connectivity index is 2.50. The zero-order valence-electron chi connectivity index (χ0n) is 8.16. The van der Waals surface area contributed by atoms with Gasteiger partial charge in [0, 0.05) is 19.8 Å². The topological polar surface area (TPSA) is 73.1 Å². The van der Waals surface area contributed by atoms with Crippen LogP contribution in [-0.2, 0) is 6.54 Å². The molecule has 0 aliphatic heterocycles. The molecule has 1 rings (SSSR count). The molecule has 0 atom stereocenters. The zero-order valence-corrected chi connectivity index (χ0v) is 8.91. The summed E-state index contributed by atoms with van der Waals surface area (Å²) in [5.74, 6) is 0.424. The van der Waals surface area contributed by atoms with E-state index in [1.165, 1.54) is 0 Å². The van der Waals surface area contributed by atoms with Crippen molar-refractivity contribution in [2.45, 2.75) is 6.54 Å². The SMILES string of the molecule is CN=C(NC#N)NCc1ccc(Cl)nc1. The van der Waals surface area contributed by atoms with E-state index in [4.69, 9.17) is 16.9 Å². The predicted molar refractivity (Wildman–Crippen MR) is 58.2 cm³/mol. The Morgan fingerprint density at radius 1 is 1.67 bits per heavy atom. The average Bonchev–Trinajstić information content (AvgIpc) is 2.26. The summed E-state index contributed by atoms with van der Waals surface area (Å²) >= 11 is 5.64. The van der Waals surface area contributed by atoms with Crippen molar-refractivity contribution in [3.63, 3.8) is 0 Å². The van der Waals surface area contributed by atoms with Crippen LogP contribution in [0.3, 0.4) is 0 Å². The fraction of sp³-hybridized carbons (Fsp3) is 0.222.